The maximum atomic E-state index is 12.6. The molecule has 0 radical (unpaired) electrons. The molecule has 0 aliphatic heterocycles. The summed E-state index contributed by atoms with van der Waals surface area (Å²) < 4.78 is 5.28. The number of nitrogens with one attached hydrogen (secondary N) is 1. The predicted molar refractivity (Wildman–Crippen MR) is 128 cm³/mol. The highest BCUT2D eigenvalue weighted by Gasteiger charge is 2.18. The standard InChI is InChI=1S/C26H29N3O4/c1-3-33-23(25(30)31)18-20-12-14-21(15-13-20)22-10-7-11-24(28-22)29(2)26(32)27-17-16-19-8-5-4-6-9-19/h4-15,23H,3,16-18H2,1-2H3,(H,27,32)(H,30,31). The predicted octanol–water partition coefficient (Wildman–Crippen LogP) is 4.17. The summed E-state index contributed by atoms with van der Waals surface area (Å²) in [4.78, 5) is 30.0. The molecule has 0 aliphatic rings. The summed E-state index contributed by atoms with van der Waals surface area (Å²) in [6.07, 6.45) is 0.186. The van der Waals surface area contributed by atoms with Crippen LogP contribution in [0.15, 0.2) is 72.8 Å². The second kappa shape index (κ2) is 11.8. The average Bonchev–Trinajstić information content (AvgIpc) is 2.84. The second-order valence-electron chi connectivity index (χ2n) is 7.59. The number of nitrogens with zero attached hydrogens (tertiary/aromatic N) is 2. The van der Waals surface area contributed by atoms with Gasteiger partial charge in [0.25, 0.3) is 0 Å². The van der Waals surface area contributed by atoms with Gasteiger partial charge in [0.1, 0.15) is 5.82 Å². The Balaban J connectivity index is 1.62. The van der Waals surface area contributed by atoms with Gasteiger partial charge >= 0.3 is 12.0 Å². The topological polar surface area (TPSA) is 91.8 Å². The first-order chi connectivity index (χ1) is 16.0. The van der Waals surface area contributed by atoms with Crippen molar-refractivity contribution in [3.63, 3.8) is 0 Å². The molecule has 3 aromatic rings. The van der Waals surface area contributed by atoms with Crippen molar-refractivity contribution < 1.29 is 19.4 Å². The minimum atomic E-state index is -0.972. The monoisotopic (exact) mass is 447 g/mol. The summed E-state index contributed by atoms with van der Waals surface area (Å²) in [7, 11) is 1.69. The van der Waals surface area contributed by atoms with Gasteiger partial charge in [-0.25, -0.2) is 14.6 Å². The smallest absolute Gasteiger partial charge is 0.333 e. The van der Waals surface area contributed by atoms with E-state index in [9.17, 15) is 14.7 Å². The van der Waals surface area contributed by atoms with E-state index in [0.717, 1.165) is 23.2 Å². The Morgan fingerprint density at radius 1 is 1.00 bits per heavy atom. The Labute approximate surface area is 194 Å². The molecule has 1 atom stereocenters. The van der Waals surface area contributed by atoms with Crippen molar-refractivity contribution in [2.75, 3.05) is 25.1 Å². The van der Waals surface area contributed by atoms with Gasteiger partial charge < -0.3 is 15.2 Å². The Morgan fingerprint density at radius 2 is 1.73 bits per heavy atom. The third-order valence-corrected chi connectivity index (χ3v) is 5.23. The molecule has 2 N–H and O–H groups in total. The number of benzene rings is 2. The lowest BCUT2D eigenvalue weighted by Gasteiger charge is -2.18. The molecular weight excluding hydrogens is 418 g/mol. The SMILES string of the molecule is CCOC(Cc1ccc(-c2cccc(N(C)C(=O)NCCc3ccccc3)n2)cc1)C(=O)O. The van der Waals surface area contributed by atoms with Crippen molar-refractivity contribution in [3.05, 3.63) is 83.9 Å². The summed E-state index contributed by atoms with van der Waals surface area (Å²) in [5.74, 6) is -0.434. The number of pyridine rings is 1. The number of aliphatic carboxylic acids is 1. The van der Waals surface area contributed by atoms with Crippen molar-refractivity contribution in [1.29, 1.82) is 0 Å². The molecule has 1 unspecified atom stereocenters. The van der Waals surface area contributed by atoms with E-state index in [-0.39, 0.29) is 6.03 Å². The van der Waals surface area contributed by atoms with Crippen LogP contribution >= 0.6 is 0 Å². The Kier molecular flexibility index (Phi) is 8.55. The lowest BCUT2D eigenvalue weighted by molar-refractivity contribution is -0.149. The van der Waals surface area contributed by atoms with Crippen molar-refractivity contribution in [3.8, 4) is 11.3 Å². The van der Waals surface area contributed by atoms with E-state index in [1.807, 2.05) is 66.7 Å². The Bertz CT molecular complexity index is 1050. The number of anilines is 1. The number of hydrogen-bond acceptors (Lipinski definition) is 4. The van der Waals surface area contributed by atoms with Gasteiger partial charge in [0, 0.05) is 32.2 Å². The fourth-order valence-corrected chi connectivity index (χ4v) is 3.40. The van der Waals surface area contributed by atoms with Gasteiger partial charge in [-0.15, -0.1) is 0 Å². The van der Waals surface area contributed by atoms with Gasteiger partial charge in [-0.2, -0.15) is 0 Å². The molecule has 7 heteroatoms. The Morgan fingerprint density at radius 3 is 2.39 bits per heavy atom. The zero-order chi connectivity index (χ0) is 23.6. The third kappa shape index (κ3) is 6.89. The number of carboxylic acid groups (broad SMARTS) is 1. The fraction of sp³-hybridized carbons (Fsp3) is 0.269. The van der Waals surface area contributed by atoms with Crippen molar-refractivity contribution >= 4 is 17.8 Å². The van der Waals surface area contributed by atoms with Crippen LogP contribution in [0.25, 0.3) is 11.3 Å². The summed E-state index contributed by atoms with van der Waals surface area (Å²) in [5, 5.41) is 12.2. The van der Waals surface area contributed by atoms with Crippen LogP contribution in [-0.4, -0.2) is 48.4 Å². The molecule has 0 spiro atoms. The van der Waals surface area contributed by atoms with Crippen LogP contribution in [-0.2, 0) is 22.4 Å². The lowest BCUT2D eigenvalue weighted by Crippen LogP contribution is -2.38. The third-order valence-electron chi connectivity index (χ3n) is 5.23. The van der Waals surface area contributed by atoms with Crippen molar-refractivity contribution in [2.45, 2.75) is 25.9 Å². The molecule has 0 aliphatic carbocycles. The van der Waals surface area contributed by atoms with Crippen LogP contribution in [0.4, 0.5) is 10.6 Å². The minimum absolute atomic E-state index is 0.221. The molecule has 1 aromatic heterocycles. The molecule has 2 aromatic carbocycles. The molecule has 33 heavy (non-hydrogen) atoms. The molecular formula is C26H29N3O4. The Hall–Kier alpha value is -3.71. The highest BCUT2D eigenvalue weighted by atomic mass is 16.5. The zero-order valence-electron chi connectivity index (χ0n) is 18.9. The van der Waals surface area contributed by atoms with E-state index < -0.39 is 12.1 Å². The number of carbonyl (C=O) groups is 2. The number of ether oxygens (including phenoxy) is 1. The molecule has 3 rings (SSSR count). The highest BCUT2D eigenvalue weighted by Crippen LogP contribution is 2.21. The van der Waals surface area contributed by atoms with E-state index in [4.69, 9.17) is 4.74 Å². The fourth-order valence-electron chi connectivity index (χ4n) is 3.40. The quantitative estimate of drug-likeness (QED) is 0.487. The lowest BCUT2D eigenvalue weighted by atomic mass is 10.0. The summed E-state index contributed by atoms with van der Waals surface area (Å²) in [5.41, 5.74) is 3.63. The van der Waals surface area contributed by atoms with Crippen LogP contribution in [0.1, 0.15) is 18.1 Å². The molecule has 172 valence electrons. The van der Waals surface area contributed by atoms with Crippen LogP contribution in [0, 0.1) is 0 Å². The first-order valence-electron chi connectivity index (χ1n) is 10.9. The minimum Gasteiger partial charge on any atom is -0.479 e. The first kappa shape index (κ1) is 23.9. The second-order valence-corrected chi connectivity index (χ2v) is 7.59. The summed E-state index contributed by atoms with van der Waals surface area (Å²) in [6.45, 7) is 2.66. The molecule has 2 amide bonds. The summed E-state index contributed by atoms with van der Waals surface area (Å²) in [6, 6.07) is 22.8. The number of rotatable bonds is 10. The highest BCUT2D eigenvalue weighted by molar-refractivity contribution is 5.90. The van der Waals surface area contributed by atoms with Crippen LogP contribution in [0.5, 0.6) is 0 Å². The van der Waals surface area contributed by atoms with Gasteiger partial charge in [0.15, 0.2) is 6.10 Å². The number of hydrogen-bond donors (Lipinski definition) is 2. The molecule has 7 nitrogen and oxygen atoms in total. The number of amides is 2. The normalized spacial score (nSPS) is 11.6. The zero-order valence-corrected chi connectivity index (χ0v) is 18.9. The van der Waals surface area contributed by atoms with Gasteiger partial charge in [-0.05, 0) is 36.6 Å². The summed E-state index contributed by atoms with van der Waals surface area (Å²) >= 11 is 0. The van der Waals surface area contributed by atoms with Gasteiger partial charge in [-0.1, -0.05) is 60.7 Å². The number of aromatic nitrogens is 1. The number of urea groups is 1. The van der Waals surface area contributed by atoms with E-state index in [2.05, 4.69) is 10.3 Å². The van der Waals surface area contributed by atoms with Crippen LogP contribution in [0.2, 0.25) is 0 Å². The van der Waals surface area contributed by atoms with E-state index in [1.54, 1.807) is 20.0 Å². The molecule has 0 saturated carbocycles. The maximum Gasteiger partial charge on any atom is 0.333 e. The van der Waals surface area contributed by atoms with Crippen molar-refractivity contribution in [2.24, 2.45) is 0 Å². The molecule has 0 fully saturated rings. The van der Waals surface area contributed by atoms with Crippen LogP contribution < -0.4 is 10.2 Å². The number of carbonyl (C=O) groups excluding carboxylic acids is 1. The molecule has 0 saturated heterocycles. The van der Waals surface area contributed by atoms with Gasteiger partial charge in [0.2, 0.25) is 0 Å². The van der Waals surface area contributed by atoms with E-state index in [1.165, 1.54) is 10.5 Å². The van der Waals surface area contributed by atoms with Crippen LogP contribution in [0.3, 0.4) is 0 Å². The largest absolute Gasteiger partial charge is 0.479 e. The van der Waals surface area contributed by atoms with Gasteiger partial charge in [0.05, 0.1) is 5.69 Å². The van der Waals surface area contributed by atoms with E-state index in [0.29, 0.717) is 25.4 Å². The first-order valence-corrected chi connectivity index (χ1v) is 10.9. The van der Waals surface area contributed by atoms with E-state index >= 15 is 0 Å². The van der Waals surface area contributed by atoms with Gasteiger partial charge in [-0.3, -0.25) is 4.90 Å². The molecule has 0 bridgehead atoms. The molecule has 1 heterocycles. The maximum absolute atomic E-state index is 12.6. The average molecular weight is 448 g/mol. The number of carboxylic acids is 1. The van der Waals surface area contributed by atoms with Crippen molar-refractivity contribution in [1.82, 2.24) is 10.3 Å².